The molecule has 0 saturated heterocycles. The zero-order valence-electron chi connectivity index (χ0n) is 11.6. The maximum Gasteiger partial charge on any atom is 0.0725 e. The van der Waals surface area contributed by atoms with E-state index < -0.39 is 0 Å². The van der Waals surface area contributed by atoms with Crippen molar-refractivity contribution in [2.45, 2.75) is 19.9 Å². The molecule has 2 rings (SSSR count). The average Bonchev–Trinajstić information content (AvgIpc) is 2.27. The Labute approximate surface area is 109 Å². The van der Waals surface area contributed by atoms with E-state index in [9.17, 15) is 0 Å². The fourth-order valence-corrected chi connectivity index (χ4v) is 2.29. The van der Waals surface area contributed by atoms with Crippen LogP contribution in [0.5, 0.6) is 0 Å². The Balaban J connectivity index is 2.32. The molecule has 0 aliphatic carbocycles. The van der Waals surface area contributed by atoms with Gasteiger partial charge in [0.2, 0.25) is 0 Å². The van der Waals surface area contributed by atoms with Gasteiger partial charge in [0.05, 0.1) is 5.52 Å². The van der Waals surface area contributed by atoms with Crippen LogP contribution in [0.3, 0.4) is 0 Å². The summed E-state index contributed by atoms with van der Waals surface area (Å²) >= 11 is 0. The third kappa shape index (κ3) is 2.99. The Morgan fingerprint density at radius 3 is 2.72 bits per heavy atom. The van der Waals surface area contributed by atoms with E-state index in [0.717, 1.165) is 17.8 Å². The Morgan fingerprint density at radius 1 is 1.28 bits per heavy atom. The molecule has 1 atom stereocenters. The number of para-hydroxylation sites is 1. The summed E-state index contributed by atoms with van der Waals surface area (Å²) in [6.45, 7) is 5.24. The lowest BCUT2D eigenvalue weighted by atomic mass is 10.1. The van der Waals surface area contributed by atoms with Gasteiger partial charge in [0.15, 0.2) is 0 Å². The van der Waals surface area contributed by atoms with E-state index in [1.54, 1.807) is 0 Å². The summed E-state index contributed by atoms with van der Waals surface area (Å²) in [7, 11) is 4.18. The lowest BCUT2D eigenvalue weighted by Gasteiger charge is -2.20. The highest BCUT2D eigenvalue weighted by Gasteiger charge is 2.07. The molecule has 96 valence electrons. The molecule has 0 amide bonds. The molecule has 1 N–H and O–H groups in total. The van der Waals surface area contributed by atoms with Crippen LogP contribution in [0, 0.1) is 6.92 Å². The second-order valence-electron chi connectivity index (χ2n) is 5.14. The Kier molecular flexibility index (Phi) is 3.82. The first kappa shape index (κ1) is 12.8. The monoisotopic (exact) mass is 243 g/mol. The smallest absolute Gasteiger partial charge is 0.0725 e. The van der Waals surface area contributed by atoms with Crippen molar-refractivity contribution in [2.75, 3.05) is 26.0 Å². The summed E-state index contributed by atoms with van der Waals surface area (Å²) in [6, 6.07) is 10.8. The first-order valence-corrected chi connectivity index (χ1v) is 6.34. The van der Waals surface area contributed by atoms with Gasteiger partial charge in [0.1, 0.15) is 0 Å². The molecule has 0 aliphatic heterocycles. The summed E-state index contributed by atoms with van der Waals surface area (Å²) in [5.74, 6) is 0. The third-order valence-corrected chi connectivity index (χ3v) is 2.89. The summed E-state index contributed by atoms with van der Waals surface area (Å²) in [5.41, 5.74) is 3.28. The molecule has 1 heterocycles. The molecule has 0 saturated carbocycles. The van der Waals surface area contributed by atoms with Crippen LogP contribution in [0.25, 0.3) is 10.9 Å². The van der Waals surface area contributed by atoms with Gasteiger partial charge in [-0.2, -0.15) is 0 Å². The van der Waals surface area contributed by atoms with Crippen LogP contribution < -0.4 is 5.32 Å². The first-order valence-electron chi connectivity index (χ1n) is 6.34. The van der Waals surface area contributed by atoms with E-state index >= 15 is 0 Å². The SMILES string of the molecule is Cc1cc(NC(C)CN(C)C)c2ccccc2n1. The molecule has 1 unspecified atom stereocenters. The van der Waals surface area contributed by atoms with Crippen molar-refractivity contribution in [2.24, 2.45) is 0 Å². The standard InChI is InChI=1S/C15H21N3/c1-11-9-15(17-12(2)10-18(3)4)13-7-5-6-8-14(13)16-11/h5-9,12H,10H2,1-4H3,(H,16,17). The number of fused-ring (bicyclic) bond motifs is 1. The number of nitrogens with one attached hydrogen (secondary N) is 1. The summed E-state index contributed by atoms with van der Waals surface area (Å²) in [5, 5.41) is 4.76. The summed E-state index contributed by atoms with van der Waals surface area (Å²) in [6.07, 6.45) is 0. The minimum Gasteiger partial charge on any atom is -0.381 e. The quantitative estimate of drug-likeness (QED) is 0.895. The maximum atomic E-state index is 4.55. The van der Waals surface area contributed by atoms with E-state index in [-0.39, 0.29) is 0 Å². The number of nitrogens with zero attached hydrogens (tertiary/aromatic N) is 2. The molecule has 0 spiro atoms. The molecule has 3 heteroatoms. The number of rotatable bonds is 4. The molecule has 2 aromatic rings. The van der Waals surface area contributed by atoms with Crippen molar-refractivity contribution >= 4 is 16.6 Å². The lowest BCUT2D eigenvalue weighted by molar-refractivity contribution is 0.392. The molecule has 0 fully saturated rings. The van der Waals surface area contributed by atoms with Crippen LogP contribution in [-0.2, 0) is 0 Å². The van der Waals surface area contributed by atoms with Crippen LogP contribution in [0.15, 0.2) is 30.3 Å². The zero-order valence-corrected chi connectivity index (χ0v) is 11.6. The van der Waals surface area contributed by atoms with E-state index in [1.165, 1.54) is 11.1 Å². The zero-order chi connectivity index (χ0) is 13.1. The van der Waals surface area contributed by atoms with Gasteiger partial charge >= 0.3 is 0 Å². The molecular formula is C15H21N3. The number of hydrogen-bond donors (Lipinski definition) is 1. The highest BCUT2D eigenvalue weighted by molar-refractivity contribution is 5.91. The van der Waals surface area contributed by atoms with Crippen LogP contribution in [0.1, 0.15) is 12.6 Å². The molecule has 18 heavy (non-hydrogen) atoms. The molecule has 0 radical (unpaired) electrons. The third-order valence-electron chi connectivity index (χ3n) is 2.89. The maximum absolute atomic E-state index is 4.55. The highest BCUT2D eigenvalue weighted by atomic mass is 15.1. The van der Waals surface area contributed by atoms with E-state index in [2.05, 4.69) is 60.5 Å². The predicted molar refractivity (Wildman–Crippen MR) is 78.1 cm³/mol. The van der Waals surface area contributed by atoms with Gasteiger partial charge in [-0.25, -0.2) is 0 Å². The average molecular weight is 243 g/mol. The van der Waals surface area contributed by atoms with Crippen molar-refractivity contribution in [3.05, 3.63) is 36.0 Å². The van der Waals surface area contributed by atoms with Crippen LogP contribution in [0.4, 0.5) is 5.69 Å². The van der Waals surface area contributed by atoms with Crippen molar-refractivity contribution in [1.82, 2.24) is 9.88 Å². The van der Waals surface area contributed by atoms with Gasteiger partial charge in [-0.3, -0.25) is 4.98 Å². The lowest BCUT2D eigenvalue weighted by Crippen LogP contribution is -2.29. The molecule has 1 aromatic heterocycles. The normalized spacial score (nSPS) is 12.9. The predicted octanol–water partition coefficient (Wildman–Crippen LogP) is 2.91. The van der Waals surface area contributed by atoms with Gasteiger partial charge in [-0.1, -0.05) is 18.2 Å². The van der Waals surface area contributed by atoms with Crippen LogP contribution in [0.2, 0.25) is 0 Å². The van der Waals surface area contributed by atoms with Gasteiger partial charge < -0.3 is 10.2 Å². The minimum absolute atomic E-state index is 0.408. The molecular weight excluding hydrogens is 222 g/mol. The van der Waals surface area contributed by atoms with Crippen LogP contribution >= 0.6 is 0 Å². The number of aryl methyl sites for hydroxylation is 1. The van der Waals surface area contributed by atoms with Crippen molar-refractivity contribution < 1.29 is 0 Å². The van der Waals surface area contributed by atoms with Gasteiger partial charge in [-0.15, -0.1) is 0 Å². The van der Waals surface area contributed by atoms with E-state index in [4.69, 9.17) is 0 Å². The summed E-state index contributed by atoms with van der Waals surface area (Å²) in [4.78, 5) is 6.74. The fraction of sp³-hybridized carbons (Fsp3) is 0.400. The van der Waals surface area contributed by atoms with Crippen molar-refractivity contribution in [3.63, 3.8) is 0 Å². The second kappa shape index (κ2) is 5.36. The molecule has 0 aliphatic rings. The van der Waals surface area contributed by atoms with Crippen molar-refractivity contribution in [1.29, 1.82) is 0 Å². The van der Waals surface area contributed by atoms with Gasteiger partial charge in [-0.05, 0) is 40.1 Å². The number of benzene rings is 1. The Morgan fingerprint density at radius 2 is 2.00 bits per heavy atom. The van der Waals surface area contributed by atoms with Gasteiger partial charge in [0, 0.05) is 29.4 Å². The number of pyridine rings is 1. The van der Waals surface area contributed by atoms with E-state index in [1.807, 2.05) is 13.0 Å². The Hall–Kier alpha value is -1.61. The second-order valence-corrected chi connectivity index (χ2v) is 5.14. The van der Waals surface area contributed by atoms with Crippen molar-refractivity contribution in [3.8, 4) is 0 Å². The largest absolute Gasteiger partial charge is 0.381 e. The fourth-order valence-electron chi connectivity index (χ4n) is 2.29. The number of aromatic nitrogens is 1. The molecule has 3 nitrogen and oxygen atoms in total. The van der Waals surface area contributed by atoms with Gasteiger partial charge in [0.25, 0.3) is 0 Å². The first-order chi connectivity index (χ1) is 8.56. The van der Waals surface area contributed by atoms with Crippen LogP contribution in [-0.4, -0.2) is 36.6 Å². The molecule has 0 bridgehead atoms. The minimum atomic E-state index is 0.408. The van der Waals surface area contributed by atoms with E-state index in [0.29, 0.717) is 6.04 Å². The topological polar surface area (TPSA) is 28.2 Å². The number of likely N-dealkylation sites (N-methyl/N-ethyl adjacent to an activating group) is 1. The molecule has 1 aromatic carbocycles. The number of hydrogen-bond acceptors (Lipinski definition) is 3. The Bertz CT molecular complexity index is 534. The highest BCUT2D eigenvalue weighted by Crippen LogP contribution is 2.23. The summed E-state index contributed by atoms with van der Waals surface area (Å²) < 4.78 is 0. The number of anilines is 1.